The van der Waals surface area contributed by atoms with Crippen LogP contribution < -0.4 is 0 Å². The maximum absolute atomic E-state index is 11.9. The largest absolute Gasteiger partial charge is 0.478 e. The topological polar surface area (TPSA) is 83.8 Å². The monoisotopic (exact) mass is 289 g/mol. The highest BCUT2D eigenvalue weighted by molar-refractivity contribution is 7.90. The maximum Gasteiger partial charge on any atom is 0.335 e. The number of hydrogen-bond donors (Lipinski definition) is 1. The van der Waals surface area contributed by atoms with Gasteiger partial charge in [-0.25, -0.2) is 4.79 Å². The van der Waals surface area contributed by atoms with Gasteiger partial charge in [0, 0.05) is 17.9 Å². The summed E-state index contributed by atoms with van der Waals surface area (Å²) in [5.74, 6) is 1.43. The minimum absolute atomic E-state index is 0.0923. The van der Waals surface area contributed by atoms with Crippen LogP contribution in [-0.2, 0) is 14.8 Å². The van der Waals surface area contributed by atoms with Crippen molar-refractivity contribution in [3.63, 3.8) is 0 Å². The zero-order valence-corrected chi connectivity index (χ0v) is 11.2. The van der Waals surface area contributed by atoms with Gasteiger partial charge in [-0.15, -0.1) is 4.40 Å². The summed E-state index contributed by atoms with van der Waals surface area (Å²) in [5, 5.41) is 8.76. The van der Waals surface area contributed by atoms with Crippen LogP contribution >= 0.6 is 0 Å². The number of rotatable bonds is 3. The zero-order valence-electron chi connectivity index (χ0n) is 10.4. The van der Waals surface area contributed by atoms with E-state index in [1.165, 1.54) is 30.4 Å². The Morgan fingerprint density at radius 3 is 2.45 bits per heavy atom. The van der Waals surface area contributed by atoms with Crippen LogP contribution in [0.4, 0.5) is 0 Å². The van der Waals surface area contributed by atoms with Crippen molar-refractivity contribution in [3.05, 3.63) is 59.7 Å². The smallest absolute Gasteiger partial charge is 0.335 e. The predicted molar refractivity (Wildman–Crippen MR) is 74.1 cm³/mol. The van der Waals surface area contributed by atoms with Gasteiger partial charge in [0.05, 0.1) is 10.5 Å². The number of nitrogens with zero attached hydrogens (tertiary/aromatic N) is 1. The Hall–Kier alpha value is -2.43. The number of hydrogen-bond acceptors (Lipinski definition) is 3. The second kappa shape index (κ2) is 5.69. The quantitative estimate of drug-likeness (QED) is 0.862. The molecule has 0 spiro atoms. The van der Waals surface area contributed by atoms with Crippen molar-refractivity contribution < 1.29 is 18.3 Å². The summed E-state index contributed by atoms with van der Waals surface area (Å²) in [6.07, 6.45) is 4.65. The van der Waals surface area contributed by atoms with Gasteiger partial charge in [0.25, 0.3) is 10.0 Å². The third-order valence-corrected chi connectivity index (χ3v) is 3.80. The van der Waals surface area contributed by atoms with Gasteiger partial charge in [-0.3, -0.25) is 0 Å². The van der Waals surface area contributed by atoms with Crippen molar-refractivity contribution in [1.29, 1.82) is 0 Å². The van der Waals surface area contributed by atoms with Gasteiger partial charge in [0.2, 0.25) is 0 Å². The van der Waals surface area contributed by atoms with Gasteiger partial charge in [0.1, 0.15) is 0 Å². The second-order valence-corrected chi connectivity index (χ2v) is 5.62. The first-order valence-electron chi connectivity index (χ1n) is 5.74. The van der Waals surface area contributed by atoms with E-state index in [1.807, 2.05) is 0 Å². The fourth-order valence-electron chi connectivity index (χ4n) is 1.55. The molecule has 102 valence electrons. The first-order valence-corrected chi connectivity index (χ1v) is 7.18. The Bertz CT molecular complexity index is 752. The van der Waals surface area contributed by atoms with Crippen LogP contribution in [0, 0.1) is 0 Å². The third-order valence-electron chi connectivity index (χ3n) is 2.60. The molecule has 0 amide bonds. The van der Waals surface area contributed by atoms with E-state index in [-0.39, 0.29) is 16.9 Å². The molecule has 0 aliphatic heterocycles. The summed E-state index contributed by atoms with van der Waals surface area (Å²) in [5.41, 5.74) is 0.677. The molecule has 0 atom stereocenters. The van der Waals surface area contributed by atoms with Crippen LogP contribution in [-0.4, -0.2) is 25.4 Å². The van der Waals surface area contributed by atoms with E-state index >= 15 is 0 Å². The number of carbonyl (C=O) groups is 1. The van der Waals surface area contributed by atoms with Gasteiger partial charge in [-0.05, 0) is 24.3 Å². The highest BCUT2D eigenvalue weighted by atomic mass is 32.2. The Balaban J connectivity index is 2.25. The van der Waals surface area contributed by atoms with Crippen LogP contribution in [0.2, 0.25) is 0 Å². The molecule has 1 aliphatic rings. The van der Waals surface area contributed by atoms with Crippen LogP contribution in [0.1, 0.15) is 6.42 Å². The summed E-state index contributed by atoms with van der Waals surface area (Å²) in [6, 6.07) is 7.83. The highest BCUT2D eigenvalue weighted by Crippen LogP contribution is 2.14. The summed E-state index contributed by atoms with van der Waals surface area (Å²) in [7, 11) is -3.77. The van der Waals surface area contributed by atoms with E-state index in [0.29, 0.717) is 5.57 Å². The van der Waals surface area contributed by atoms with E-state index in [9.17, 15) is 13.2 Å². The van der Waals surface area contributed by atoms with Crippen LogP contribution in [0.3, 0.4) is 0 Å². The molecule has 0 saturated heterocycles. The van der Waals surface area contributed by atoms with Gasteiger partial charge < -0.3 is 5.11 Å². The highest BCUT2D eigenvalue weighted by Gasteiger charge is 2.11. The molecule has 1 aromatic carbocycles. The number of carboxylic acid groups (broad SMARTS) is 1. The molecule has 0 aromatic heterocycles. The third kappa shape index (κ3) is 3.32. The van der Waals surface area contributed by atoms with Crippen molar-refractivity contribution in [1.82, 2.24) is 0 Å². The lowest BCUT2D eigenvalue weighted by Gasteiger charge is -2.02. The Morgan fingerprint density at radius 2 is 1.90 bits per heavy atom. The molecule has 0 bridgehead atoms. The minimum Gasteiger partial charge on any atom is -0.478 e. The molecule has 1 aliphatic carbocycles. The first kappa shape index (κ1) is 14.0. The maximum atomic E-state index is 11.9. The standard InChI is InChI=1S/C14H11NO4S/c16-14(17)12-8-6-11(7-9-12)10-15-20(18,19)13-4-2-1-3-5-13/h1-6,8-9H,7H2,(H,16,17). The molecular formula is C14H11NO4S. The Labute approximate surface area is 116 Å². The lowest BCUT2D eigenvalue weighted by molar-refractivity contribution is -0.132. The fraction of sp³-hybridized carbons (Fsp3) is 0.0714. The van der Waals surface area contributed by atoms with Crippen molar-refractivity contribution >= 4 is 21.9 Å². The van der Waals surface area contributed by atoms with Crippen LogP contribution in [0.5, 0.6) is 0 Å². The van der Waals surface area contributed by atoms with Gasteiger partial charge in [-0.1, -0.05) is 24.3 Å². The lowest BCUT2D eigenvalue weighted by Crippen LogP contribution is -2.01. The van der Waals surface area contributed by atoms with E-state index in [2.05, 4.69) is 10.3 Å². The number of allylic oxidation sites excluding steroid dienone is 3. The molecule has 1 aromatic rings. The van der Waals surface area contributed by atoms with E-state index in [0.717, 1.165) is 0 Å². The number of sulfonamides is 1. The number of benzene rings is 1. The van der Waals surface area contributed by atoms with Crippen LogP contribution in [0.15, 0.2) is 69.0 Å². The zero-order chi connectivity index (χ0) is 14.6. The number of carboxylic acids is 1. The Morgan fingerprint density at radius 1 is 1.20 bits per heavy atom. The van der Waals surface area contributed by atoms with Gasteiger partial charge in [0.15, 0.2) is 0 Å². The SMILES string of the molecule is O=C(O)C1=CCC(=C=NS(=O)(=O)c2ccccc2)C=C1. The van der Waals surface area contributed by atoms with E-state index in [4.69, 9.17) is 5.11 Å². The number of aliphatic carboxylic acids is 1. The van der Waals surface area contributed by atoms with Gasteiger partial charge >= 0.3 is 5.97 Å². The molecule has 0 heterocycles. The summed E-state index contributed by atoms with van der Waals surface area (Å²) in [6.45, 7) is 0. The molecule has 1 N–H and O–H groups in total. The van der Waals surface area contributed by atoms with Crippen molar-refractivity contribution in [2.24, 2.45) is 4.40 Å². The molecular weight excluding hydrogens is 278 g/mol. The van der Waals surface area contributed by atoms with Crippen LogP contribution in [0.25, 0.3) is 0 Å². The molecule has 6 heteroatoms. The minimum atomic E-state index is -3.77. The second-order valence-electron chi connectivity index (χ2n) is 4.02. The van der Waals surface area contributed by atoms with Crippen molar-refractivity contribution in [2.75, 3.05) is 0 Å². The average molecular weight is 289 g/mol. The Kier molecular flexibility index (Phi) is 3.98. The summed E-state index contributed by atoms with van der Waals surface area (Å²) in [4.78, 5) is 10.8. The normalized spacial score (nSPS) is 14.4. The summed E-state index contributed by atoms with van der Waals surface area (Å²) < 4.78 is 27.2. The van der Waals surface area contributed by atoms with Gasteiger partial charge in [-0.2, -0.15) is 8.42 Å². The summed E-state index contributed by atoms with van der Waals surface area (Å²) >= 11 is 0. The molecule has 0 saturated carbocycles. The molecule has 20 heavy (non-hydrogen) atoms. The molecule has 0 radical (unpaired) electrons. The van der Waals surface area contributed by atoms with Crippen molar-refractivity contribution in [2.45, 2.75) is 11.3 Å². The fourth-order valence-corrected chi connectivity index (χ4v) is 2.40. The van der Waals surface area contributed by atoms with E-state index < -0.39 is 16.0 Å². The van der Waals surface area contributed by atoms with E-state index in [1.54, 1.807) is 18.2 Å². The van der Waals surface area contributed by atoms with Crippen molar-refractivity contribution in [3.8, 4) is 0 Å². The lowest BCUT2D eigenvalue weighted by atomic mass is 10.0. The molecule has 0 unspecified atom stereocenters. The first-order chi connectivity index (χ1) is 9.49. The predicted octanol–water partition coefficient (Wildman–Crippen LogP) is 1.94. The molecule has 0 fully saturated rings. The molecule has 5 nitrogen and oxygen atoms in total. The molecule has 2 rings (SSSR count). The average Bonchev–Trinajstić information content (AvgIpc) is 2.46.